The van der Waals surface area contributed by atoms with Crippen molar-refractivity contribution >= 4 is 29.2 Å². The molecule has 8 aliphatic rings. The van der Waals surface area contributed by atoms with Crippen LogP contribution in [0.15, 0.2) is 76.6 Å². The van der Waals surface area contributed by atoms with Crippen LogP contribution in [-0.4, -0.2) is 113 Å². The maximum Gasteiger partial charge on any atom is 0.272 e. The summed E-state index contributed by atoms with van der Waals surface area (Å²) < 4.78 is 6.12. The summed E-state index contributed by atoms with van der Waals surface area (Å²) in [4.78, 5) is 34.8. The van der Waals surface area contributed by atoms with Gasteiger partial charge in [-0.05, 0) is 166 Å². The Kier molecular flexibility index (Phi) is 13.8. The summed E-state index contributed by atoms with van der Waals surface area (Å²) in [6.45, 7) is 21.5. The third kappa shape index (κ3) is 9.19. The lowest BCUT2D eigenvalue weighted by molar-refractivity contribution is -0.169. The van der Waals surface area contributed by atoms with Crippen molar-refractivity contribution in [1.82, 2.24) is 30.6 Å². The molecule has 4 N–H and O–H groups in total. The number of halogens is 1. The average molecular weight is 1000 g/mol. The quantitative estimate of drug-likeness (QED) is 0.179. The minimum atomic E-state index is -0.963. The number of amides is 2. The molecule has 6 aliphatic carbocycles. The molecule has 2 saturated heterocycles. The van der Waals surface area contributed by atoms with E-state index in [1.807, 2.05) is 19.1 Å². The Balaban J connectivity index is 0.656. The van der Waals surface area contributed by atoms with Crippen molar-refractivity contribution in [2.45, 2.75) is 143 Å². The second kappa shape index (κ2) is 19.5. The first-order valence-corrected chi connectivity index (χ1v) is 27.5. The number of nitriles is 1. The van der Waals surface area contributed by atoms with Gasteiger partial charge in [0.1, 0.15) is 23.7 Å². The number of nitrogens with one attached hydrogen (secondary N) is 2. The predicted octanol–water partition coefficient (Wildman–Crippen LogP) is 9.45. The standard InChI is InChI=1S/C58H77ClN8O5/c1-37-43-13-15-48-56(4,44(43)32-47(68)51(37)69)22-24-58(6)49-33-55(3,20-19-54(49,2)21-23-57(48,58)5)53(71)61-36-66-29-27-65(28-30-66)35-38-17-25-67(26-18-38)50-16-14-46(63-64-50)52(70)62-40-8-11-41(12-9-40)72-42-10-7-39(34-60)45(59)31-42/h7,10,13-16,31-32,38,40-41,47,49,68-69H,8-9,11-12,17-30,33,35-36H2,1-6H3,(H,61,71)(H,62,70)/t40-,41-,47?,49-,54-,55-,56+,57-,58+/m1/s1. The third-order valence-corrected chi connectivity index (χ3v) is 20.5. The van der Waals surface area contributed by atoms with Crippen molar-refractivity contribution in [2.24, 2.45) is 38.9 Å². The number of hydrogen-bond acceptors (Lipinski definition) is 11. The highest BCUT2D eigenvalue weighted by Gasteiger charge is 2.67. The fourth-order valence-corrected chi connectivity index (χ4v) is 15.3. The molecule has 2 aliphatic heterocycles. The maximum absolute atomic E-state index is 14.4. The zero-order valence-corrected chi connectivity index (χ0v) is 44.3. The van der Waals surface area contributed by atoms with Crippen molar-refractivity contribution in [2.75, 3.05) is 57.4 Å². The molecule has 0 spiro atoms. The number of piperidine rings is 1. The molecule has 7 atom stereocenters. The number of nitrogens with zero attached hydrogens (tertiary/aromatic N) is 6. The Morgan fingerprint density at radius 2 is 1.60 bits per heavy atom. The van der Waals surface area contributed by atoms with Gasteiger partial charge in [0.25, 0.3) is 5.91 Å². The molecule has 72 heavy (non-hydrogen) atoms. The highest BCUT2D eigenvalue weighted by Crippen LogP contribution is 2.75. The van der Waals surface area contributed by atoms with Gasteiger partial charge < -0.3 is 35.4 Å². The minimum Gasteiger partial charge on any atom is -0.509 e. The number of allylic oxidation sites excluding steroid dienone is 6. The number of piperazine rings is 1. The number of ether oxygens (including phenoxy) is 1. The molecule has 1 unspecified atom stereocenters. The van der Waals surface area contributed by atoms with Crippen LogP contribution in [0.1, 0.15) is 141 Å². The van der Waals surface area contributed by atoms with E-state index in [1.54, 1.807) is 24.3 Å². The van der Waals surface area contributed by atoms with E-state index in [2.05, 4.69) is 88.4 Å². The van der Waals surface area contributed by atoms with Gasteiger partial charge in [-0.1, -0.05) is 63.9 Å². The molecule has 2 amide bonds. The second-order valence-electron chi connectivity index (χ2n) is 24.4. The number of fused-ring (bicyclic) bond motifs is 7. The number of aromatic nitrogens is 2. The third-order valence-electron chi connectivity index (χ3n) is 20.2. The molecule has 13 nitrogen and oxygen atoms in total. The summed E-state index contributed by atoms with van der Waals surface area (Å²) >= 11 is 6.18. The zero-order valence-electron chi connectivity index (χ0n) is 43.5. The predicted molar refractivity (Wildman–Crippen MR) is 280 cm³/mol. The molecule has 1 aromatic carbocycles. The van der Waals surface area contributed by atoms with Gasteiger partial charge in [0.15, 0.2) is 11.5 Å². The van der Waals surface area contributed by atoms with Crippen LogP contribution in [0.2, 0.25) is 5.02 Å². The number of benzene rings is 1. The molecule has 14 heteroatoms. The number of hydrogen-bond donors (Lipinski definition) is 4. The molecule has 386 valence electrons. The molecular weight excluding hydrogens is 924 g/mol. The van der Waals surface area contributed by atoms with E-state index in [1.165, 1.54) is 11.1 Å². The summed E-state index contributed by atoms with van der Waals surface area (Å²) in [5, 5.41) is 46.4. The van der Waals surface area contributed by atoms with Crippen LogP contribution < -0.4 is 20.3 Å². The van der Waals surface area contributed by atoms with Crippen molar-refractivity contribution in [3.8, 4) is 11.8 Å². The van der Waals surface area contributed by atoms with E-state index < -0.39 is 11.5 Å². The number of aliphatic hydroxyl groups is 2. The Morgan fingerprint density at radius 1 is 0.875 bits per heavy atom. The topological polar surface area (TPSA) is 167 Å². The van der Waals surface area contributed by atoms with Gasteiger partial charge in [-0.25, -0.2) is 0 Å². The minimum absolute atomic E-state index is 0.0254. The summed E-state index contributed by atoms with van der Waals surface area (Å²) in [5.74, 6) is 2.56. The van der Waals surface area contributed by atoms with Crippen LogP contribution in [0, 0.1) is 50.2 Å². The fraction of sp³-hybridized carbons (Fsp3) is 0.638. The van der Waals surface area contributed by atoms with Gasteiger partial charge in [-0.3, -0.25) is 14.5 Å². The highest BCUT2D eigenvalue weighted by molar-refractivity contribution is 6.31. The van der Waals surface area contributed by atoms with E-state index >= 15 is 0 Å². The SMILES string of the molecule is CC1=C(O)C(O)C=C2C1=CC=C1[C@@]2(C)CC[C@@]2(C)[C@@H]3C[C@](C)(C(=O)NCN4CCN(CC5CCN(c6ccc(C(=O)N[C@H]7CC[C@H](Oc8ccc(C#N)c(Cl)c8)CC7)nn6)CC5)CC4)CC[C@]3(C)CC[C@]12C. The lowest BCUT2D eigenvalue weighted by Crippen LogP contribution is -2.62. The van der Waals surface area contributed by atoms with Gasteiger partial charge in [0.05, 0.1) is 23.4 Å². The normalized spacial score (nSPS) is 35.3. The highest BCUT2D eigenvalue weighted by atomic mass is 35.5. The van der Waals surface area contributed by atoms with E-state index in [9.17, 15) is 19.8 Å². The second-order valence-corrected chi connectivity index (χ2v) is 24.8. The molecule has 1 aromatic heterocycles. The van der Waals surface area contributed by atoms with Crippen LogP contribution in [0.3, 0.4) is 0 Å². The van der Waals surface area contributed by atoms with E-state index in [-0.39, 0.29) is 51.4 Å². The van der Waals surface area contributed by atoms with Gasteiger partial charge in [-0.15, -0.1) is 10.2 Å². The monoisotopic (exact) mass is 1000 g/mol. The van der Waals surface area contributed by atoms with Crippen LogP contribution in [-0.2, 0) is 4.79 Å². The summed E-state index contributed by atoms with van der Waals surface area (Å²) in [6.07, 6.45) is 18.2. The average Bonchev–Trinajstić information content (AvgIpc) is 3.38. The molecule has 4 saturated carbocycles. The summed E-state index contributed by atoms with van der Waals surface area (Å²) in [7, 11) is 0. The smallest absolute Gasteiger partial charge is 0.272 e. The first kappa shape index (κ1) is 50.8. The van der Waals surface area contributed by atoms with Crippen molar-refractivity contribution < 1.29 is 24.5 Å². The van der Waals surface area contributed by atoms with Crippen LogP contribution >= 0.6 is 11.6 Å². The number of carbonyl (C=O) groups is 2. The Bertz CT molecular complexity index is 2600. The zero-order chi connectivity index (χ0) is 50.8. The first-order valence-electron chi connectivity index (χ1n) is 27.1. The lowest BCUT2D eigenvalue weighted by atomic mass is 9.34. The Labute approximate surface area is 432 Å². The number of anilines is 1. The molecule has 2 aromatic rings. The van der Waals surface area contributed by atoms with E-state index in [0.29, 0.717) is 40.5 Å². The summed E-state index contributed by atoms with van der Waals surface area (Å²) in [5.41, 5.74) is 4.79. The first-order chi connectivity index (χ1) is 34.3. The van der Waals surface area contributed by atoms with E-state index in [4.69, 9.17) is 21.6 Å². The van der Waals surface area contributed by atoms with Gasteiger partial charge >= 0.3 is 0 Å². The van der Waals surface area contributed by atoms with Crippen LogP contribution in [0.4, 0.5) is 5.82 Å². The van der Waals surface area contributed by atoms with Gasteiger partial charge in [-0.2, -0.15) is 5.26 Å². The molecule has 6 fully saturated rings. The number of aliphatic hydroxyl groups excluding tert-OH is 2. The summed E-state index contributed by atoms with van der Waals surface area (Å²) in [6, 6.07) is 11.0. The van der Waals surface area contributed by atoms with Crippen molar-refractivity contribution in [1.29, 1.82) is 5.26 Å². The molecular formula is C58H77ClN8O5. The molecule has 0 radical (unpaired) electrons. The fourth-order valence-electron chi connectivity index (χ4n) is 15.1. The Morgan fingerprint density at radius 3 is 2.29 bits per heavy atom. The number of carbonyl (C=O) groups excluding carboxylic acids is 2. The lowest BCUT2D eigenvalue weighted by Gasteiger charge is -2.70. The molecule has 3 heterocycles. The van der Waals surface area contributed by atoms with E-state index in [0.717, 1.165) is 146 Å². The van der Waals surface area contributed by atoms with Crippen LogP contribution in [0.25, 0.3) is 0 Å². The van der Waals surface area contributed by atoms with Gasteiger partial charge in [0.2, 0.25) is 5.91 Å². The molecule has 10 rings (SSSR count). The number of rotatable bonds is 10. The Hall–Kier alpha value is -4.74. The molecule has 0 bridgehead atoms. The maximum atomic E-state index is 14.4. The largest absolute Gasteiger partial charge is 0.509 e. The van der Waals surface area contributed by atoms with Crippen LogP contribution in [0.5, 0.6) is 5.75 Å². The van der Waals surface area contributed by atoms with Gasteiger partial charge in [0, 0.05) is 68.8 Å². The van der Waals surface area contributed by atoms with Crippen molar-refractivity contribution in [3.05, 3.63) is 92.9 Å². The van der Waals surface area contributed by atoms with Crippen molar-refractivity contribution in [3.63, 3.8) is 0 Å².